The zero-order chi connectivity index (χ0) is 24.5. The van der Waals surface area contributed by atoms with E-state index in [1.807, 2.05) is 13.8 Å². The third-order valence-corrected chi connectivity index (χ3v) is 6.81. The third-order valence-electron chi connectivity index (χ3n) is 4.92. The largest absolute Gasteiger partial charge is 0.433 e. The maximum Gasteiger partial charge on any atom is 0.433 e. The normalized spacial score (nSPS) is 14.3. The summed E-state index contributed by atoms with van der Waals surface area (Å²) in [4.78, 5) is 16.5. The summed E-state index contributed by atoms with van der Waals surface area (Å²) in [6.45, 7) is 3.71. The lowest BCUT2D eigenvalue weighted by molar-refractivity contribution is -0.141. The van der Waals surface area contributed by atoms with Crippen LogP contribution in [0, 0.1) is 5.92 Å². The molecule has 1 aliphatic rings. The van der Waals surface area contributed by atoms with Crippen molar-refractivity contribution in [2.24, 2.45) is 5.92 Å². The van der Waals surface area contributed by atoms with E-state index in [1.54, 1.807) is 12.1 Å². The molecule has 1 saturated carbocycles. The van der Waals surface area contributed by atoms with Gasteiger partial charge in [0, 0.05) is 11.7 Å². The summed E-state index contributed by atoms with van der Waals surface area (Å²) in [5, 5.41) is 5.94. The molecule has 8 nitrogen and oxygen atoms in total. The van der Waals surface area contributed by atoms with E-state index < -0.39 is 21.7 Å². The minimum Gasteiger partial charge on any atom is -0.352 e. The maximum atomic E-state index is 13.1. The summed E-state index contributed by atoms with van der Waals surface area (Å²) in [6, 6.07) is 9.67. The molecule has 0 saturated heterocycles. The minimum atomic E-state index is -4.62. The van der Waals surface area contributed by atoms with Gasteiger partial charge in [0.05, 0.1) is 10.6 Å². The molecule has 0 amide bonds. The van der Waals surface area contributed by atoms with Crippen LogP contribution in [0.4, 0.5) is 30.8 Å². The molecule has 1 fully saturated rings. The summed E-state index contributed by atoms with van der Waals surface area (Å²) >= 11 is 0. The van der Waals surface area contributed by atoms with Gasteiger partial charge in [0.25, 0.3) is 0 Å². The van der Waals surface area contributed by atoms with Gasteiger partial charge in [-0.25, -0.2) is 13.4 Å². The molecule has 1 aliphatic carbocycles. The van der Waals surface area contributed by atoms with Gasteiger partial charge in [0.1, 0.15) is 11.4 Å². The van der Waals surface area contributed by atoms with Crippen LogP contribution in [0.2, 0.25) is 0 Å². The van der Waals surface area contributed by atoms with Crippen LogP contribution in [0.15, 0.2) is 47.4 Å². The highest BCUT2D eigenvalue weighted by Gasteiger charge is 2.33. The molecule has 2 N–H and O–H groups in total. The number of sulfone groups is 1. The standard InChI is InChI=1S/C22H23F3N6O2S/c1-13(2)26-20-29-19(17-7-4-8-18(28-17)22(23,24)25)30-21(31-20)27-15-5-3-6-16(11-15)34(32,33)12-14-9-10-14/h3-8,11,13-14H,9-10,12H2,1-2H3,(H2,26,27,29,30,31). The van der Waals surface area contributed by atoms with Crippen LogP contribution < -0.4 is 10.6 Å². The van der Waals surface area contributed by atoms with Gasteiger partial charge in [-0.05, 0) is 62.9 Å². The molecule has 12 heteroatoms. The first-order chi connectivity index (χ1) is 16.0. The summed E-state index contributed by atoms with van der Waals surface area (Å²) in [5.41, 5.74) is -0.721. The first-order valence-corrected chi connectivity index (χ1v) is 12.3. The van der Waals surface area contributed by atoms with Crippen molar-refractivity contribution in [3.05, 3.63) is 48.2 Å². The van der Waals surface area contributed by atoms with Crippen molar-refractivity contribution >= 4 is 27.4 Å². The zero-order valence-corrected chi connectivity index (χ0v) is 19.3. The fourth-order valence-corrected chi connectivity index (χ4v) is 4.91. The van der Waals surface area contributed by atoms with E-state index in [4.69, 9.17) is 0 Å². The Labute approximate surface area is 195 Å². The quantitative estimate of drug-likeness (QED) is 0.466. The predicted octanol–water partition coefficient (Wildman–Crippen LogP) is 4.70. The van der Waals surface area contributed by atoms with E-state index in [9.17, 15) is 21.6 Å². The number of benzene rings is 1. The van der Waals surface area contributed by atoms with Crippen LogP contribution in [0.5, 0.6) is 0 Å². The molecule has 0 atom stereocenters. The average Bonchev–Trinajstić information content (AvgIpc) is 3.56. The van der Waals surface area contributed by atoms with E-state index in [1.165, 1.54) is 24.3 Å². The smallest absolute Gasteiger partial charge is 0.352 e. The molecule has 0 aliphatic heterocycles. The van der Waals surface area contributed by atoms with Crippen molar-refractivity contribution in [3.63, 3.8) is 0 Å². The van der Waals surface area contributed by atoms with Crippen molar-refractivity contribution in [2.75, 3.05) is 16.4 Å². The Balaban J connectivity index is 1.68. The number of anilines is 3. The van der Waals surface area contributed by atoms with Gasteiger partial charge in [-0.1, -0.05) is 12.1 Å². The number of rotatable bonds is 8. The molecule has 0 radical (unpaired) electrons. The molecule has 3 aromatic rings. The Morgan fingerprint density at radius 2 is 1.71 bits per heavy atom. The van der Waals surface area contributed by atoms with Gasteiger partial charge in [-0.2, -0.15) is 28.1 Å². The molecule has 34 heavy (non-hydrogen) atoms. The van der Waals surface area contributed by atoms with Gasteiger partial charge >= 0.3 is 6.18 Å². The number of halogens is 3. The van der Waals surface area contributed by atoms with Crippen LogP contribution in [0.1, 0.15) is 32.4 Å². The van der Waals surface area contributed by atoms with E-state index in [2.05, 4.69) is 30.6 Å². The van der Waals surface area contributed by atoms with Crippen LogP contribution >= 0.6 is 0 Å². The molecular weight excluding hydrogens is 469 g/mol. The van der Waals surface area contributed by atoms with E-state index in [-0.39, 0.29) is 46.0 Å². The fraction of sp³-hybridized carbons (Fsp3) is 0.364. The average molecular weight is 493 g/mol. The van der Waals surface area contributed by atoms with Crippen molar-refractivity contribution < 1.29 is 21.6 Å². The predicted molar refractivity (Wildman–Crippen MR) is 121 cm³/mol. The number of alkyl halides is 3. The van der Waals surface area contributed by atoms with Gasteiger partial charge in [0.2, 0.25) is 11.9 Å². The lowest BCUT2D eigenvalue weighted by Crippen LogP contribution is -2.15. The zero-order valence-electron chi connectivity index (χ0n) is 18.5. The minimum absolute atomic E-state index is 0.0316. The van der Waals surface area contributed by atoms with Crippen LogP contribution in [-0.4, -0.2) is 40.1 Å². The van der Waals surface area contributed by atoms with Crippen LogP contribution in [-0.2, 0) is 16.0 Å². The fourth-order valence-electron chi connectivity index (χ4n) is 3.17. The van der Waals surface area contributed by atoms with Gasteiger partial charge in [-0.3, -0.25) is 0 Å². The topological polar surface area (TPSA) is 110 Å². The third kappa shape index (κ3) is 5.99. The molecule has 4 rings (SSSR count). The first kappa shape index (κ1) is 23.9. The SMILES string of the molecule is CC(C)Nc1nc(Nc2cccc(S(=O)(=O)CC3CC3)c2)nc(-c2cccc(C(F)(F)F)n2)n1. The second-order valence-electron chi connectivity index (χ2n) is 8.39. The van der Waals surface area contributed by atoms with Gasteiger partial charge in [0.15, 0.2) is 15.7 Å². The van der Waals surface area contributed by atoms with Crippen molar-refractivity contribution in [3.8, 4) is 11.5 Å². The number of nitrogens with one attached hydrogen (secondary N) is 2. The first-order valence-electron chi connectivity index (χ1n) is 10.7. The molecule has 2 heterocycles. The number of pyridine rings is 1. The Morgan fingerprint density at radius 3 is 2.38 bits per heavy atom. The maximum absolute atomic E-state index is 13.1. The van der Waals surface area contributed by atoms with Gasteiger partial charge < -0.3 is 10.6 Å². The van der Waals surface area contributed by atoms with Crippen molar-refractivity contribution in [1.29, 1.82) is 0 Å². The second kappa shape index (κ2) is 9.16. The Morgan fingerprint density at radius 1 is 1.00 bits per heavy atom. The van der Waals surface area contributed by atoms with Crippen LogP contribution in [0.25, 0.3) is 11.5 Å². The Kier molecular flexibility index (Phi) is 6.43. The lowest BCUT2D eigenvalue weighted by Gasteiger charge is -2.13. The summed E-state index contributed by atoms with van der Waals surface area (Å²) < 4.78 is 64.7. The number of aromatic nitrogens is 4. The molecule has 0 unspecified atom stereocenters. The lowest BCUT2D eigenvalue weighted by atomic mass is 10.3. The number of hydrogen-bond acceptors (Lipinski definition) is 8. The molecular formula is C22H23F3N6O2S. The summed E-state index contributed by atoms with van der Waals surface area (Å²) in [6.07, 6.45) is -2.78. The monoisotopic (exact) mass is 492 g/mol. The molecule has 1 aromatic carbocycles. The highest BCUT2D eigenvalue weighted by Crippen LogP contribution is 2.33. The molecule has 0 bridgehead atoms. The molecule has 180 valence electrons. The highest BCUT2D eigenvalue weighted by atomic mass is 32.2. The highest BCUT2D eigenvalue weighted by molar-refractivity contribution is 7.91. The number of nitrogens with zero attached hydrogens (tertiary/aromatic N) is 4. The van der Waals surface area contributed by atoms with Crippen molar-refractivity contribution in [2.45, 2.75) is 43.8 Å². The van der Waals surface area contributed by atoms with E-state index in [0.717, 1.165) is 18.9 Å². The molecule has 0 spiro atoms. The van der Waals surface area contributed by atoms with Gasteiger partial charge in [-0.15, -0.1) is 0 Å². The van der Waals surface area contributed by atoms with E-state index in [0.29, 0.717) is 5.69 Å². The Bertz CT molecular complexity index is 1290. The summed E-state index contributed by atoms with van der Waals surface area (Å²) in [7, 11) is -3.43. The summed E-state index contributed by atoms with van der Waals surface area (Å²) in [5.74, 6) is 0.417. The van der Waals surface area contributed by atoms with Crippen molar-refractivity contribution in [1.82, 2.24) is 19.9 Å². The number of hydrogen-bond donors (Lipinski definition) is 2. The van der Waals surface area contributed by atoms with Crippen LogP contribution in [0.3, 0.4) is 0 Å². The molecule has 2 aromatic heterocycles. The second-order valence-corrected chi connectivity index (χ2v) is 10.4. The Hall–Kier alpha value is -3.28. The van der Waals surface area contributed by atoms with E-state index >= 15 is 0 Å².